The van der Waals surface area contributed by atoms with Crippen molar-refractivity contribution in [2.45, 2.75) is 13.8 Å². The Morgan fingerprint density at radius 3 is 1.46 bits per heavy atom. The van der Waals surface area contributed by atoms with Crippen LogP contribution in [0, 0.1) is 13.8 Å². The van der Waals surface area contributed by atoms with Crippen LogP contribution in [0.25, 0.3) is 11.1 Å². The second kappa shape index (κ2) is 9.78. The van der Waals surface area contributed by atoms with E-state index in [0.717, 1.165) is 45.3 Å². The topological polar surface area (TPSA) is 41.3 Å². The number of nitrogen functional groups attached to an aromatic ring is 1. The number of hydrogen-bond acceptors (Lipinski definition) is 3. The number of hydrogen-bond donors (Lipinski definition) is 2. The minimum Gasteiger partial charge on any atom is -0.399 e. The van der Waals surface area contributed by atoms with E-state index in [2.05, 4.69) is 121 Å². The smallest absolute Gasteiger partial charge is 0.0464 e. The summed E-state index contributed by atoms with van der Waals surface area (Å²) in [6.07, 6.45) is 0. The molecule has 5 aromatic rings. The minimum absolute atomic E-state index is 0.777. The Morgan fingerprint density at radius 1 is 0.514 bits per heavy atom. The summed E-state index contributed by atoms with van der Waals surface area (Å²) in [5.41, 5.74) is 16.9. The molecule has 0 radical (unpaired) electrons. The quantitative estimate of drug-likeness (QED) is 0.251. The molecule has 0 amide bonds. The molecule has 35 heavy (non-hydrogen) atoms. The van der Waals surface area contributed by atoms with Crippen molar-refractivity contribution in [1.82, 2.24) is 0 Å². The van der Waals surface area contributed by atoms with Gasteiger partial charge in [-0.3, -0.25) is 0 Å². The maximum Gasteiger partial charge on any atom is 0.0464 e. The van der Waals surface area contributed by atoms with Crippen LogP contribution < -0.4 is 16.0 Å². The molecule has 0 bridgehead atoms. The van der Waals surface area contributed by atoms with E-state index in [1.165, 1.54) is 11.1 Å². The largest absolute Gasteiger partial charge is 0.399 e. The molecule has 0 saturated heterocycles. The number of rotatable bonds is 6. The first-order valence-electron chi connectivity index (χ1n) is 11.8. The van der Waals surface area contributed by atoms with Gasteiger partial charge in [-0.05, 0) is 109 Å². The molecule has 5 rings (SSSR count). The van der Waals surface area contributed by atoms with Crippen LogP contribution in [0.2, 0.25) is 0 Å². The lowest BCUT2D eigenvalue weighted by atomic mass is 10.1. The van der Waals surface area contributed by atoms with Crippen LogP contribution in [0.4, 0.5) is 34.1 Å². The maximum atomic E-state index is 5.81. The zero-order chi connectivity index (χ0) is 24.2. The average molecular weight is 456 g/mol. The molecular weight excluding hydrogens is 426 g/mol. The van der Waals surface area contributed by atoms with Gasteiger partial charge < -0.3 is 16.0 Å². The highest BCUT2D eigenvalue weighted by Gasteiger charge is 2.13. The summed E-state index contributed by atoms with van der Waals surface area (Å²) in [7, 11) is 0. The maximum absolute atomic E-state index is 5.81. The van der Waals surface area contributed by atoms with Gasteiger partial charge in [-0.15, -0.1) is 0 Å². The van der Waals surface area contributed by atoms with Gasteiger partial charge in [0.2, 0.25) is 0 Å². The van der Waals surface area contributed by atoms with Crippen molar-refractivity contribution in [2.75, 3.05) is 16.0 Å². The molecular formula is C32H29N3. The molecule has 0 heterocycles. The molecule has 0 aliphatic carbocycles. The highest BCUT2D eigenvalue weighted by atomic mass is 15.1. The molecule has 0 fully saturated rings. The summed E-state index contributed by atoms with van der Waals surface area (Å²) < 4.78 is 0. The number of anilines is 6. The fourth-order valence-corrected chi connectivity index (χ4v) is 4.26. The lowest BCUT2D eigenvalue weighted by Crippen LogP contribution is -2.10. The van der Waals surface area contributed by atoms with Gasteiger partial charge in [0.05, 0.1) is 0 Å². The first kappa shape index (κ1) is 22.3. The van der Waals surface area contributed by atoms with Crippen LogP contribution in [0.15, 0.2) is 121 Å². The predicted molar refractivity (Wildman–Crippen MR) is 150 cm³/mol. The van der Waals surface area contributed by atoms with Crippen molar-refractivity contribution in [3.8, 4) is 11.1 Å². The third-order valence-electron chi connectivity index (χ3n) is 6.06. The molecule has 0 aromatic heterocycles. The van der Waals surface area contributed by atoms with Gasteiger partial charge in [-0.1, -0.05) is 48.5 Å². The Hall–Kier alpha value is -4.50. The number of nitrogens with one attached hydrogen (secondary N) is 1. The number of aryl methyl sites for hydroxylation is 2. The highest BCUT2D eigenvalue weighted by molar-refractivity contribution is 5.78. The van der Waals surface area contributed by atoms with E-state index in [4.69, 9.17) is 5.73 Å². The molecule has 0 unspecified atom stereocenters. The molecule has 0 saturated carbocycles. The first-order chi connectivity index (χ1) is 17.0. The Bertz CT molecular complexity index is 1370. The Balaban J connectivity index is 1.39. The van der Waals surface area contributed by atoms with E-state index in [1.54, 1.807) is 0 Å². The van der Waals surface area contributed by atoms with E-state index in [9.17, 15) is 0 Å². The van der Waals surface area contributed by atoms with Crippen molar-refractivity contribution in [1.29, 1.82) is 0 Å². The van der Waals surface area contributed by atoms with E-state index < -0.39 is 0 Å². The van der Waals surface area contributed by atoms with Crippen LogP contribution in [0.1, 0.15) is 11.1 Å². The third-order valence-corrected chi connectivity index (χ3v) is 6.06. The van der Waals surface area contributed by atoms with E-state index in [-0.39, 0.29) is 0 Å². The SMILES string of the molecule is Cc1cccc(N(c2ccc(Nc3ccc(-c4ccc(N)cc4)cc3)cc2)c2cccc(C)c2)c1. The lowest BCUT2D eigenvalue weighted by Gasteiger charge is -2.26. The van der Waals surface area contributed by atoms with Crippen LogP contribution in [0.5, 0.6) is 0 Å². The molecule has 5 aromatic carbocycles. The first-order valence-corrected chi connectivity index (χ1v) is 11.8. The number of nitrogens with two attached hydrogens (primary N) is 1. The highest BCUT2D eigenvalue weighted by Crippen LogP contribution is 2.36. The van der Waals surface area contributed by atoms with Crippen molar-refractivity contribution in [3.05, 3.63) is 132 Å². The second-order valence-corrected chi connectivity index (χ2v) is 8.88. The molecule has 0 aliphatic rings. The normalized spacial score (nSPS) is 10.7. The van der Waals surface area contributed by atoms with Crippen LogP contribution >= 0.6 is 0 Å². The van der Waals surface area contributed by atoms with Gasteiger partial charge in [0.15, 0.2) is 0 Å². The summed E-state index contributed by atoms with van der Waals surface area (Å²) in [5, 5.41) is 3.52. The summed E-state index contributed by atoms with van der Waals surface area (Å²) in [6, 6.07) is 42.2. The van der Waals surface area contributed by atoms with Crippen LogP contribution in [0.3, 0.4) is 0 Å². The molecule has 3 heteroatoms. The van der Waals surface area contributed by atoms with Gasteiger partial charge in [-0.2, -0.15) is 0 Å². The molecule has 0 aliphatic heterocycles. The monoisotopic (exact) mass is 455 g/mol. The zero-order valence-electron chi connectivity index (χ0n) is 20.1. The van der Waals surface area contributed by atoms with Crippen LogP contribution in [-0.4, -0.2) is 0 Å². The summed E-state index contributed by atoms with van der Waals surface area (Å²) in [5.74, 6) is 0. The molecule has 172 valence electrons. The molecule has 3 N–H and O–H groups in total. The third kappa shape index (κ3) is 5.20. The molecule has 0 atom stereocenters. The predicted octanol–water partition coefficient (Wildman–Crippen LogP) is 8.77. The van der Waals surface area contributed by atoms with Crippen molar-refractivity contribution in [2.24, 2.45) is 0 Å². The minimum atomic E-state index is 0.777. The van der Waals surface area contributed by atoms with E-state index in [1.807, 2.05) is 24.3 Å². The van der Waals surface area contributed by atoms with Gasteiger partial charge in [0, 0.05) is 34.1 Å². The van der Waals surface area contributed by atoms with Gasteiger partial charge in [0.1, 0.15) is 0 Å². The van der Waals surface area contributed by atoms with Crippen LogP contribution in [-0.2, 0) is 0 Å². The van der Waals surface area contributed by atoms with E-state index >= 15 is 0 Å². The lowest BCUT2D eigenvalue weighted by molar-refractivity contribution is 1.26. The van der Waals surface area contributed by atoms with Gasteiger partial charge in [-0.25, -0.2) is 0 Å². The Morgan fingerprint density at radius 2 is 0.971 bits per heavy atom. The standard InChI is InChI=1S/C32H29N3/c1-23-5-3-7-31(21-23)35(32-8-4-6-24(2)22-32)30-19-17-29(18-20-30)34-28-15-11-26(12-16-28)25-9-13-27(33)14-10-25/h3-22,34H,33H2,1-2H3. The molecule has 3 nitrogen and oxygen atoms in total. The average Bonchev–Trinajstić information content (AvgIpc) is 2.87. The summed E-state index contributed by atoms with van der Waals surface area (Å²) in [6.45, 7) is 4.26. The Labute approximate surface area is 207 Å². The van der Waals surface area contributed by atoms with Gasteiger partial charge >= 0.3 is 0 Å². The summed E-state index contributed by atoms with van der Waals surface area (Å²) >= 11 is 0. The number of benzene rings is 5. The van der Waals surface area contributed by atoms with Crippen molar-refractivity contribution in [3.63, 3.8) is 0 Å². The van der Waals surface area contributed by atoms with Crippen molar-refractivity contribution >= 4 is 34.1 Å². The van der Waals surface area contributed by atoms with E-state index in [0.29, 0.717) is 0 Å². The Kier molecular flexibility index (Phi) is 6.23. The fourth-order valence-electron chi connectivity index (χ4n) is 4.26. The van der Waals surface area contributed by atoms with Gasteiger partial charge in [0.25, 0.3) is 0 Å². The zero-order valence-corrected chi connectivity index (χ0v) is 20.1. The summed E-state index contributed by atoms with van der Waals surface area (Å²) in [4.78, 5) is 2.30. The van der Waals surface area contributed by atoms with Crippen molar-refractivity contribution < 1.29 is 0 Å². The molecule has 0 spiro atoms. The fraction of sp³-hybridized carbons (Fsp3) is 0.0625. The second-order valence-electron chi connectivity index (χ2n) is 8.88. The number of nitrogens with zero attached hydrogens (tertiary/aromatic N) is 1.